The average molecular weight is 353 g/mol. The van der Waals surface area contributed by atoms with E-state index in [0.29, 0.717) is 31.3 Å². The fourth-order valence-corrected chi connectivity index (χ4v) is 3.12. The van der Waals surface area contributed by atoms with Crippen molar-refractivity contribution >= 4 is 33.2 Å². The molecule has 128 valence electrons. The lowest BCUT2D eigenvalue weighted by Crippen LogP contribution is -2.47. The normalized spacial score (nSPS) is 15.2. The van der Waals surface area contributed by atoms with Gasteiger partial charge in [0.25, 0.3) is 11.8 Å². The molecule has 0 atom stereocenters. The number of aromatic nitrogens is 1. The molecule has 1 fully saturated rings. The number of carbonyl (C=O) groups is 2. The van der Waals surface area contributed by atoms with Crippen LogP contribution in [0.3, 0.4) is 0 Å². The molecule has 1 aliphatic heterocycles. The molecule has 0 bridgehead atoms. The number of primary amides is 1. The highest BCUT2D eigenvalue weighted by Gasteiger charge is 2.24. The molecule has 1 aliphatic rings. The number of anilines is 2. The Morgan fingerprint density at radius 2 is 2.17 bits per heavy atom. The first-order valence-electron chi connectivity index (χ1n) is 7.01. The highest BCUT2D eigenvalue weighted by molar-refractivity contribution is 7.20. The maximum absolute atomic E-state index is 12.0. The molecule has 11 heteroatoms. The number of hydrogen-bond donors (Lipinski definition) is 3. The third-order valence-corrected chi connectivity index (χ3v) is 4.35. The predicted molar refractivity (Wildman–Crippen MR) is 84.0 cm³/mol. The van der Waals surface area contributed by atoms with Gasteiger partial charge < -0.3 is 20.2 Å². The summed E-state index contributed by atoms with van der Waals surface area (Å²) in [6.45, 7) is 1.98. The van der Waals surface area contributed by atoms with Crippen LogP contribution in [0.2, 0.25) is 0 Å². The van der Waals surface area contributed by atoms with Gasteiger partial charge in [-0.15, -0.1) is 0 Å². The number of amides is 2. The first-order valence-corrected chi connectivity index (χ1v) is 7.82. The summed E-state index contributed by atoms with van der Waals surface area (Å²) in [5, 5.41) is 16.0. The van der Waals surface area contributed by atoms with E-state index in [1.54, 1.807) is 5.01 Å². The summed E-state index contributed by atoms with van der Waals surface area (Å²) in [6, 6.07) is 1.42. The van der Waals surface area contributed by atoms with Gasteiger partial charge in [-0.2, -0.15) is 10.2 Å². The second kappa shape index (κ2) is 6.97. The maximum Gasteiger partial charge on any atom is 0.278 e. The second-order valence-electron chi connectivity index (χ2n) is 4.87. The van der Waals surface area contributed by atoms with Crippen molar-refractivity contribution in [2.75, 3.05) is 36.8 Å². The van der Waals surface area contributed by atoms with Crippen molar-refractivity contribution < 1.29 is 24.0 Å². The van der Waals surface area contributed by atoms with E-state index in [1.165, 1.54) is 12.3 Å². The van der Waals surface area contributed by atoms with E-state index < -0.39 is 11.8 Å². The van der Waals surface area contributed by atoms with Crippen molar-refractivity contribution in [2.24, 2.45) is 5.73 Å². The molecule has 10 nitrogen and oxygen atoms in total. The lowest BCUT2D eigenvalue weighted by Gasteiger charge is -2.32. The number of rotatable bonds is 5. The minimum absolute atomic E-state index is 0.0643. The van der Waals surface area contributed by atoms with Crippen LogP contribution >= 0.6 is 11.3 Å². The van der Waals surface area contributed by atoms with Crippen LogP contribution in [-0.4, -0.2) is 53.3 Å². The van der Waals surface area contributed by atoms with Crippen LogP contribution in [0.4, 0.5) is 10.0 Å². The van der Waals surface area contributed by atoms with E-state index in [2.05, 4.69) is 10.3 Å². The Balaban J connectivity index is 1.82. The Hall–Kier alpha value is -2.47. The monoisotopic (exact) mass is 353 g/mol. The number of hydrogen-bond acceptors (Lipinski definition) is 9. The summed E-state index contributed by atoms with van der Waals surface area (Å²) >= 11 is 1.02. The van der Waals surface area contributed by atoms with Gasteiger partial charge in [0, 0.05) is 13.1 Å². The zero-order chi connectivity index (χ0) is 17.1. The van der Waals surface area contributed by atoms with Crippen LogP contribution in [0.5, 0.6) is 0 Å². The molecule has 3 rings (SSSR count). The van der Waals surface area contributed by atoms with Crippen LogP contribution in [-0.2, 0) is 4.74 Å². The van der Waals surface area contributed by atoms with E-state index in [1.807, 2.05) is 0 Å². The van der Waals surface area contributed by atoms with E-state index in [4.69, 9.17) is 14.9 Å². The van der Waals surface area contributed by atoms with Crippen LogP contribution < -0.4 is 16.2 Å². The molecule has 3 heterocycles. The fourth-order valence-electron chi connectivity index (χ4n) is 2.13. The first kappa shape index (κ1) is 16.4. The zero-order valence-electron chi connectivity index (χ0n) is 12.5. The van der Waals surface area contributed by atoms with Gasteiger partial charge in [-0.3, -0.25) is 14.8 Å². The minimum Gasteiger partial charge on any atom is -0.451 e. The Bertz CT molecular complexity index is 725. The molecule has 0 saturated carbocycles. The third kappa shape index (κ3) is 3.38. The first-order chi connectivity index (χ1) is 11.6. The molecule has 2 aromatic heterocycles. The number of nitrogens with two attached hydrogens (primary N) is 1. The number of nitrogens with one attached hydrogen (secondary N) is 1. The highest BCUT2D eigenvalue weighted by Crippen LogP contribution is 2.35. The van der Waals surface area contributed by atoms with Gasteiger partial charge in [0.1, 0.15) is 16.3 Å². The lowest BCUT2D eigenvalue weighted by atomic mass is 10.3. The molecule has 1 saturated heterocycles. The molecule has 2 amide bonds. The van der Waals surface area contributed by atoms with Crippen molar-refractivity contribution in [3.8, 4) is 0 Å². The number of ether oxygens (including phenoxy) is 1. The Labute approximate surface area is 140 Å². The van der Waals surface area contributed by atoms with Crippen LogP contribution in [0.15, 0.2) is 23.1 Å². The molecule has 0 aromatic carbocycles. The van der Waals surface area contributed by atoms with Gasteiger partial charge in [0.15, 0.2) is 12.1 Å². The number of oxazole rings is 1. The highest BCUT2D eigenvalue weighted by atomic mass is 32.1. The van der Waals surface area contributed by atoms with Gasteiger partial charge in [-0.25, -0.2) is 4.98 Å². The van der Waals surface area contributed by atoms with E-state index >= 15 is 0 Å². The SMILES string of the molecule is NC(=O)c1cc(N(O)N2CCOCC2)sc1NC(=O)c1cocn1. The van der Waals surface area contributed by atoms with Gasteiger partial charge in [-0.05, 0) is 6.07 Å². The Morgan fingerprint density at radius 3 is 2.79 bits per heavy atom. The molecular formula is C13H15N5O5S. The van der Waals surface area contributed by atoms with Gasteiger partial charge >= 0.3 is 0 Å². The number of morpholine rings is 1. The average Bonchev–Trinajstić information content (AvgIpc) is 3.24. The number of carbonyl (C=O) groups excluding carboxylic acids is 2. The van der Waals surface area contributed by atoms with Gasteiger partial charge in [0.2, 0.25) is 0 Å². The fraction of sp³-hybridized carbons (Fsp3) is 0.308. The molecule has 0 radical (unpaired) electrons. The molecule has 0 spiro atoms. The lowest BCUT2D eigenvalue weighted by molar-refractivity contribution is -0.0220. The molecule has 0 unspecified atom stereocenters. The number of thiophene rings is 1. The smallest absolute Gasteiger partial charge is 0.278 e. The van der Waals surface area contributed by atoms with Crippen molar-refractivity contribution in [1.82, 2.24) is 9.99 Å². The summed E-state index contributed by atoms with van der Waals surface area (Å²) in [4.78, 5) is 27.4. The summed E-state index contributed by atoms with van der Waals surface area (Å²) < 4.78 is 9.97. The maximum atomic E-state index is 12.0. The molecular weight excluding hydrogens is 338 g/mol. The second-order valence-corrected chi connectivity index (χ2v) is 5.91. The van der Waals surface area contributed by atoms with E-state index in [9.17, 15) is 14.8 Å². The zero-order valence-corrected chi connectivity index (χ0v) is 13.3. The molecule has 2 aromatic rings. The quantitative estimate of drug-likeness (QED) is 0.663. The van der Waals surface area contributed by atoms with Gasteiger partial charge in [0.05, 0.1) is 18.8 Å². The molecule has 0 aliphatic carbocycles. The van der Waals surface area contributed by atoms with Crippen LogP contribution in [0.25, 0.3) is 0 Å². The number of nitrogens with zero attached hydrogens (tertiary/aromatic N) is 3. The molecule has 24 heavy (non-hydrogen) atoms. The van der Waals surface area contributed by atoms with E-state index in [0.717, 1.165) is 22.9 Å². The summed E-state index contributed by atoms with van der Waals surface area (Å²) in [6.07, 6.45) is 2.30. The predicted octanol–water partition coefficient (Wildman–Crippen LogP) is 0.530. The van der Waals surface area contributed by atoms with Crippen molar-refractivity contribution in [3.63, 3.8) is 0 Å². The Kier molecular flexibility index (Phi) is 4.76. The standard InChI is InChI=1S/C13H15N5O5S/c14-11(19)8-5-10(18(21)17-1-3-22-4-2-17)24-13(8)16-12(20)9-6-23-7-15-9/h5-7,21H,1-4H2,(H2,14,19)(H,16,20). The summed E-state index contributed by atoms with van der Waals surface area (Å²) in [5.74, 6) is -1.26. The van der Waals surface area contributed by atoms with Crippen molar-refractivity contribution in [2.45, 2.75) is 0 Å². The third-order valence-electron chi connectivity index (χ3n) is 3.33. The Morgan fingerprint density at radius 1 is 1.42 bits per heavy atom. The van der Waals surface area contributed by atoms with Crippen LogP contribution in [0.1, 0.15) is 20.8 Å². The van der Waals surface area contributed by atoms with Crippen LogP contribution in [0, 0.1) is 0 Å². The van der Waals surface area contributed by atoms with Gasteiger partial charge in [-0.1, -0.05) is 11.3 Å². The summed E-state index contributed by atoms with van der Waals surface area (Å²) in [5.41, 5.74) is 5.51. The minimum atomic E-state index is -0.719. The van der Waals surface area contributed by atoms with Crippen molar-refractivity contribution in [1.29, 1.82) is 0 Å². The summed E-state index contributed by atoms with van der Waals surface area (Å²) in [7, 11) is 0. The molecule has 4 N–H and O–H groups in total. The van der Waals surface area contributed by atoms with E-state index in [-0.39, 0.29) is 16.3 Å². The topological polar surface area (TPSA) is 134 Å². The number of hydrazine groups is 1. The largest absolute Gasteiger partial charge is 0.451 e. The van der Waals surface area contributed by atoms with Crippen molar-refractivity contribution in [3.05, 3.63) is 30.0 Å².